The van der Waals surface area contributed by atoms with Gasteiger partial charge in [0.25, 0.3) is 5.91 Å². The monoisotopic (exact) mass is 467 g/mol. The molecule has 0 radical (unpaired) electrons. The number of fused-ring (bicyclic) bond motifs is 1. The number of piperazine rings is 1. The molecule has 1 saturated heterocycles. The molecule has 0 spiro atoms. The Balaban J connectivity index is 1.58. The molecule has 35 heavy (non-hydrogen) atoms. The molecule has 4 aromatic rings. The van der Waals surface area contributed by atoms with Crippen LogP contribution in [0.2, 0.25) is 0 Å². The summed E-state index contributed by atoms with van der Waals surface area (Å²) in [5.74, 6) is 0.114. The van der Waals surface area contributed by atoms with Gasteiger partial charge in [-0.2, -0.15) is 5.10 Å². The van der Waals surface area contributed by atoms with E-state index in [0.29, 0.717) is 46.6 Å². The van der Waals surface area contributed by atoms with Crippen molar-refractivity contribution in [3.8, 4) is 17.0 Å². The summed E-state index contributed by atoms with van der Waals surface area (Å²) in [5, 5.41) is 21.0. The number of hydrogen-bond acceptors (Lipinski definition) is 6. The van der Waals surface area contributed by atoms with Gasteiger partial charge in [-0.1, -0.05) is 30.3 Å². The van der Waals surface area contributed by atoms with E-state index in [1.54, 1.807) is 42.5 Å². The van der Waals surface area contributed by atoms with Crippen LogP contribution in [0.15, 0.2) is 54.6 Å². The van der Waals surface area contributed by atoms with Gasteiger partial charge < -0.3 is 15.3 Å². The number of pyridine rings is 1. The molecule has 3 heterocycles. The zero-order chi connectivity index (χ0) is 24.4. The summed E-state index contributed by atoms with van der Waals surface area (Å²) in [7, 11) is 0. The molecule has 1 aliphatic rings. The maximum atomic E-state index is 13.6. The molecule has 1 amide bonds. The fraction of sp³-hybridized carbons (Fsp3) is 0.185. The van der Waals surface area contributed by atoms with E-state index in [0.717, 1.165) is 24.2 Å². The van der Waals surface area contributed by atoms with Crippen LogP contribution >= 0.6 is 0 Å². The molecule has 0 atom stereocenters. The van der Waals surface area contributed by atoms with Gasteiger partial charge in [0.2, 0.25) is 0 Å². The number of amides is 1. The number of carbonyl (C=O) groups excluding carboxylic acids is 2. The topological polar surface area (TPSA) is 111 Å². The average molecular weight is 468 g/mol. The number of carbonyl (C=O) groups is 2. The number of hydrogen-bond donors (Lipinski definition) is 3. The zero-order valence-electron chi connectivity index (χ0n) is 19.3. The first-order chi connectivity index (χ1) is 17.0. The van der Waals surface area contributed by atoms with Crippen molar-refractivity contribution in [2.24, 2.45) is 0 Å². The fourth-order valence-corrected chi connectivity index (χ4v) is 4.16. The summed E-state index contributed by atoms with van der Waals surface area (Å²) < 4.78 is 0. The van der Waals surface area contributed by atoms with Gasteiger partial charge in [-0.15, -0.1) is 0 Å². The van der Waals surface area contributed by atoms with E-state index in [1.165, 1.54) is 6.92 Å². The number of aromatic nitrogens is 3. The number of Topliss-reactive ketones (excluding diaryl/α,β-unsaturated/α-hetero) is 1. The first kappa shape index (κ1) is 22.5. The van der Waals surface area contributed by atoms with Crippen LogP contribution in [-0.4, -0.2) is 63.1 Å². The Kier molecular flexibility index (Phi) is 6.12. The van der Waals surface area contributed by atoms with Crippen molar-refractivity contribution in [3.05, 3.63) is 77.0 Å². The average Bonchev–Trinajstić information content (AvgIpc) is 3.30. The molecule has 8 heteroatoms. The molecule has 0 unspecified atom stereocenters. The quantitative estimate of drug-likeness (QED) is 0.386. The molecule has 176 valence electrons. The number of phenolic OH excluding ortho intramolecular Hbond substituents is 1. The highest BCUT2D eigenvalue weighted by Gasteiger charge is 2.24. The van der Waals surface area contributed by atoms with Crippen LogP contribution < -0.4 is 5.32 Å². The minimum Gasteiger partial charge on any atom is -0.508 e. The van der Waals surface area contributed by atoms with E-state index in [2.05, 4.69) is 15.5 Å². The molecule has 1 aliphatic heterocycles. The normalized spacial score (nSPS) is 14.0. The molecule has 5 rings (SSSR count). The summed E-state index contributed by atoms with van der Waals surface area (Å²) >= 11 is 0. The van der Waals surface area contributed by atoms with Crippen LogP contribution in [0.25, 0.3) is 34.4 Å². The third kappa shape index (κ3) is 4.69. The van der Waals surface area contributed by atoms with Gasteiger partial charge >= 0.3 is 0 Å². The number of H-pyrrole nitrogens is 1. The number of nitrogens with zero attached hydrogens (tertiary/aromatic N) is 3. The number of rotatable bonds is 5. The van der Waals surface area contributed by atoms with Gasteiger partial charge in [-0.25, -0.2) is 4.98 Å². The van der Waals surface area contributed by atoms with E-state index in [-0.39, 0.29) is 17.4 Å². The number of aromatic amines is 1. The molecule has 0 aliphatic carbocycles. The zero-order valence-corrected chi connectivity index (χ0v) is 19.3. The SMILES string of the molecule is CC(=O)c1ccc(C=Cc2[nH]nc3nc(-c4ccc(O)cc4)cc(C(=O)N4CCNCC4)c23)cc1. The first-order valence-corrected chi connectivity index (χ1v) is 11.5. The second kappa shape index (κ2) is 9.52. The summed E-state index contributed by atoms with van der Waals surface area (Å²) in [5.41, 5.74) is 4.62. The molecule has 0 bridgehead atoms. The summed E-state index contributed by atoms with van der Waals surface area (Å²) in [6.07, 6.45) is 3.78. The second-order valence-corrected chi connectivity index (χ2v) is 8.49. The first-order valence-electron chi connectivity index (χ1n) is 11.5. The van der Waals surface area contributed by atoms with Gasteiger partial charge in [0.15, 0.2) is 11.4 Å². The largest absolute Gasteiger partial charge is 0.508 e. The molecule has 0 saturated carbocycles. The van der Waals surface area contributed by atoms with Crippen LogP contribution in [0.4, 0.5) is 0 Å². The Morgan fingerprint density at radius 1 is 1.00 bits per heavy atom. The Hall–Kier alpha value is -4.30. The van der Waals surface area contributed by atoms with Gasteiger partial charge in [0, 0.05) is 37.3 Å². The number of aromatic hydroxyl groups is 1. The van der Waals surface area contributed by atoms with Gasteiger partial charge in [-0.05, 0) is 48.9 Å². The summed E-state index contributed by atoms with van der Waals surface area (Å²) in [6, 6.07) is 15.8. The van der Waals surface area contributed by atoms with Crippen molar-refractivity contribution < 1.29 is 14.7 Å². The van der Waals surface area contributed by atoms with Crippen LogP contribution in [0.1, 0.15) is 38.9 Å². The smallest absolute Gasteiger partial charge is 0.254 e. The minimum absolute atomic E-state index is 0.0201. The van der Waals surface area contributed by atoms with Crippen LogP contribution in [0, 0.1) is 0 Å². The predicted molar refractivity (Wildman–Crippen MR) is 135 cm³/mol. The third-order valence-corrected chi connectivity index (χ3v) is 6.11. The lowest BCUT2D eigenvalue weighted by molar-refractivity contribution is 0.0737. The van der Waals surface area contributed by atoms with Crippen molar-refractivity contribution in [1.82, 2.24) is 25.4 Å². The van der Waals surface area contributed by atoms with Crippen LogP contribution in [-0.2, 0) is 0 Å². The lowest BCUT2D eigenvalue weighted by atomic mass is 10.0. The van der Waals surface area contributed by atoms with Gasteiger partial charge in [-0.3, -0.25) is 14.7 Å². The second-order valence-electron chi connectivity index (χ2n) is 8.49. The Labute approximate surface area is 202 Å². The fourth-order valence-electron chi connectivity index (χ4n) is 4.16. The highest BCUT2D eigenvalue weighted by molar-refractivity contribution is 6.09. The van der Waals surface area contributed by atoms with Crippen LogP contribution in [0.5, 0.6) is 5.75 Å². The van der Waals surface area contributed by atoms with Crippen molar-refractivity contribution in [3.63, 3.8) is 0 Å². The van der Waals surface area contributed by atoms with E-state index < -0.39 is 0 Å². The standard InChI is InChI=1S/C27H25N5O3/c1-17(33)19-5-2-18(3-6-19)4-11-23-25-22(27(35)32-14-12-28-13-15-32)16-24(29-26(25)31-30-23)20-7-9-21(34)10-8-20/h2-11,16,28,34H,12-15H2,1H3,(H,29,30,31). The van der Waals surface area contributed by atoms with Crippen molar-refractivity contribution in [2.45, 2.75) is 6.92 Å². The molecule has 2 aromatic carbocycles. The number of benzene rings is 2. The molecule has 3 N–H and O–H groups in total. The van der Waals surface area contributed by atoms with E-state index in [1.807, 2.05) is 29.2 Å². The van der Waals surface area contributed by atoms with Crippen molar-refractivity contribution in [2.75, 3.05) is 26.2 Å². The number of ketones is 1. The summed E-state index contributed by atoms with van der Waals surface area (Å²) in [6.45, 7) is 4.29. The molecular formula is C27H25N5O3. The third-order valence-electron chi connectivity index (χ3n) is 6.11. The Bertz CT molecular complexity index is 1420. The molecule has 2 aromatic heterocycles. The predicted octanol–water partition coefficient (Wildman–Crippen LogP) is 3.75. The number of nitrogens with one attached hydrogen (secondary N) is 2. The molecule has 1 fully saturated rings. The lowest BCUT2D eigenvalue weighted by Gasteiger charge is -2.27. The maximum Gasteiger partial charge on any atom is 0.254 e. The highest BCUT2D eigenvalue weighted by Crippen LogP contribution is 2.29. The van der Waals surface area contributed by atoms with Crippen LogP contribution in [0.3, 0.4) is 0 Å². The van der Waals surface area contributed by atoms with E-state index in [4.69, 9.17) is 4.98 Å². The Morgan fingerprint density at radius 3 is 2.40 bits per heavy atom. The van der Waals surface area contributed by atoms with Gasteiger partial charge in [0.1, 0.15) is 5.75 Å². The highest BCUT2D eigenvalue weighted by atomic mass is 16.3. The van der Waals surface area contributed by atoms with Crippen molar-refractivity contribution >= 4 is 34.9 Å². The van der Waals surface area contributed by atoms with E-state index in [9.17, 15) is 14.7 Å². The van der Waals surface area contributed by atoms with Crippen molar-refractivity contribution in [1.29, 1.82) is 0 Å². The Morgan fingerprint density at radius 2 is 1.71 bits per heavy atom. The lowest BCUT2D eigenvalue weighted by Crippen LogP contribution is -2.46. The number of phenols is 1. The summed E-state index contributed by atoms with van der Waals surface area (Å²) in [4.78, 5) is 31.7. The molecular weight excluding hydrogens is 442 g/mol. The van der Waals surface area contributed by atoms with E-state index >= 15 is 0 Å². The minimum atomic E-state index is -0.0687. The molecule has 8 nitrogen and oxygen atoms in total. The maximum absolute atomic E-state index is 13.6. The van der Waals surface area contributed by atoms with Gasteiger partial charge in [0.05, 0.1) is 22.3 Å².